The number of piperazine rings is 1. The van der Waals surface area contributed by atoms with Crippen LogP contribution in [0.3, 0.4) is 0 Å². The number of para-hydroxylation sites is 2. The van der Waals surface area contributed by atoms with Gasteiger partial charge in [0.25, 0.3) is 0 Å². The summed E-state index contributed by atoms with van der Waals surface area (Å²) in [5, 5.41) is 1.63. The molecule has 1 fully saturated rings. The Bertz CT molecular complexity index is 919. The van der Waals surface area contributed by atoms with Crippen molar-refractivity contribution < 1.29 is 4.79 Å². The lowest BCUT2D eigenvalue weighted by molar-refractivity contribution is -0.129. The number of halogens is 1. The molecule has 1 amide bonds. The van der Waals surface area contributed by atoms with Gasteiger partial charge in [-0.05, 0) is 24.3 Å². The fraction of sp³-hybridized carbons (Fsp3) is 0.300. The topological polar surface area (TPSA) is 39.7 Å². The molecule has 7 heteroatoms. The minimum absolute atomic E-state index is 0.135. The van der Waals surface area contributed by atoms with E-state index in [1.807, 2.05) is 59.3 Å². The van der Waals surface area contributed by atoms with Gasteiger partial charge in [0.1, 0.15) is 0 Å². The Hall–Kier alpha value is -2.31. The van der Waals surface area contributed by atoms with Gasteiger partial charge >= 0.3 is 0 Å². The van der Waals surface area contributed by atoms with Crippen LogP contribution in [0, 0.1) is 0 Å². The van der Waals surface area contributed by atoms with E-state index < -0.39 is 0 Å². The molecule has 0 aliphatic carbocycles. The monoisotopic (exact) mass is 400 g/mol. The second-order valence-corrected chi connectivity index (χ2v) is 8.06. The molecule has 4 rings (SSSR count). The number of carbonyl (C=O) groups is 1. The van der Waals surface area contributed by atoms with Crippen molar-refractivity contribution in [2.24, 2.45) is 0 Å². The molecule has 1 saturated heterocycles. The van der Waals surface area contributed by atoms with Gasteiger partial charge in [-0.1, -0.05) is 47.2 Å². The first-order valence-corrected chi connectivity index (χ1v) is 10.2. The smallest absolute Gasteiger partial charge is 0.242 e. The van der Waals surface area contributed by atoms with E-state index in [1.54, 1.807) is 11.3 Å². The molecular weight excluding hydrogens is 380 g/mol. The number of carbonyl (C=O) groups excluding carboxylic acids is 1. The highest BCUT2D eigenvalue weighted by atomic mass is 35.5. The largest absolute Gasteiger partial charge is 0.367 e. The van der Waals surface area contributed by atoms with Crippen molar-refractivity contribution in [3.8, 4) is 0 Å². The normalized spacial score (nSPS) is 14.6. The summed E-state index contributed by atoms with van der Waals surface area (Å²) >= 11 is 7.91. The number of hydrogen-bond acceptors (Lipinski definition) is 5. The van der Waals surface area contributed by atoms with Gasteiger partial charge in [-0.2, -0.15) is 0 Å². The first-order valence-electron chi connectivity index (χ1n) is 8.96. The van der Waals surface area contributed by atoms with Crippen molar-refractivity contribution in [1.29, 1.82) is 0 Å². The summed E-state index contributed by atoms with van der Waals surface area (Å²) in [5.74, 6) is 0.135. The molecule has 0 radical (unpaired) electrons. The van der Waals surface area contributed by atoms with E-state index in [0.29, 0.717) is 19.6 Å². The Morgan fingerprint density at radius 2 is 1.81 bits per heavy atom. The summed E-state index contributed by atoms with van der Waals surface area (Å²) in [7, 11) is 1.93. The van der Waals surface area contributed by atoms with E-state index in [1.165, 1.54) is 0 Å². The highest BCUT2D eigenvalue weighted by Crippen LogP contribution is 2.28. The molecule has 0 atom stereocenters. The average Bonchev–Trinajstić information content (AvgIpc) is 3.13. The average molecular weight is 401 g/mol. The molecule has 2 aromatic carbocycles. The van der Waals surface area contributed by atoms with Gasteiger partial charge in [-0.15, -0.1) is 0 Å². The minimum Gasteiger partial charge on any atom is -0.367 e. The number of hydrogen-bond donors (Lipinski definition) is 0. The van der Waals surface area contributed by atoms with Crippen LogP contribution in [0.1, 0.15) is 0 Å². The Morgan fingerprint density at radius 3 is 2.56 bits per heavy atom. The molecule has 2 heterocycles. The molecule has 0 N–H and O–H groups in total. The molecule has 140 valence electrons. The van der Waals surface area contributed by atoms with Crippen LogP contribution in [0.4, 0.5) is 10.8 Å². The number of nitrogens with zero attached hydrogens (tertiary/aromatic N) is 4. The molecule has 0 bridgehead atoms. The predicted octanol–water partition coefficient (Wildman–Crippen LogP) is 3.73. The van der Waals surface area contributed by atoms with Crippen LogP contribution in [-0.4, -0.2) is 55.6 Å². The van der Waals surface area contributed by atoms with Crippen molar-refractivity contribution >= 4 is 49.9 Å². The molecule has 0 unspecified atom stereocenters. The molecule has 1 aromatic heterocycles. The summed E-state index contributed by atoms with van der Waals surface area (Å²) in [6.45, 7) is 3.34. The van der Waals surface area contributed by atoms with Crippen molar-refractivity contribution in [3.63, 3.8) is 0 Å². The highest BCUT2D eigenvalue weighted by molar-refractivity contribution is 7.22. The first-order chi connectivity index (χ1) is 13.1. The van der Waals surface area contributed by atoms with Gasteiger partial charge in [0.05, 0.1) is 27.5 Å². The van der Waals surface area contributed by atoms with Crippen LogP contribution in [-0.2, 0) is 4.79 Å². The van der Waals surface area contributed by atoms with E-state index in [4.69, 9.17) is 11.6 Å². The van der Waals surface area contributed by atoms with Crippen LogP contribution in [0.2, 0.25) is 5.02 Å². The van der Waals surface area contributed by atoms with Crippen LogP contribution in [0.15, 0.2) is 48.5 Å². The zero-order valence-corrected chi connectivity index (χ0v) is 16.7. The van der Waals surface area contributed by atoms with E-state index in [2.05, 4.69) is 16.0 Å². The molecule has 27 heavy (non-hydrogen) atoms. The SMILES string of the molecule is CN(CC(=O)N1CCN(c2ccccc2Cl)CC1)c1nc2ccccc2s1. The maximum Gasteiger partial charge on any atom is 0.242 e. The quantitative estimate of drug-likeness (QED) is 0.669. The van der Waals surface area contributed by atoms with E-state index in [9.17, 15) is 4.79 Å². The Balaban J connectivity index is 1.36. The lowest BCUT2D eigenvalue weighted by Crippen LogP contribution is -2.51. The van der Waals surface area contributed by atoms with Crippen molar-refractivity contribution in [2.45, 2.75) is 0 Å². The van der Waals surface area contributed by atoms with Crippen molar-refractivity contribution in [1.82, 2.24) is 9.88 Å². The summed E-state index contributed by atoms with van der Waals surface area (Å²) in [4.78, 5) is 23.5. The van der Waals surface area contributed by atoms with E-state index in [0.717, 1.165) is 39.1 Å². The number of anilines is 2. The number of likely N-dealkylation sites (N-methyl/N-ethyl adjacent to an activating group) is 1. The molecule has 0 saturated carbocycles. The van der Waals surface area contributed by atoms with Gasteiger partial charge in [0, 0.05) is 33.2 Å². The third kappa shape index (κ3) is 3.87. The minimum atomic E-state index is 0.135. The highest BCUT2D eigenvalue weighted by Gasteiger charge is 2.23. The predicted molar refractivity (Wildman–Crippen MR) is 113 cm³/mol. The molecule has 1 aliphatic heterocycles. The number of aromatic nitrogens is 1. The Morgan fingerprint density at radius 1 is 1.11 bits per heavy atom. The maximum atomic E-state index is 12.7. The number of amides is 1. The second kappa shape index (κ2) is 7.74. The van der Waals surface area contributed by atoms with Gasteiger partial charge in [0.2, 0.25) is 5.91 Å². The molecule has 1 aliphatic rings. The van der Waals surface area contributed by atoms with Crippen LogP contribution in [0.25, 0.3) is 10.2 Å². The zero-order valence-electron chi connectivity index (χ0n) is 15.1. The molecule has 3 aromatic rings. The van der Waals surface area contributed by atoms with Crippen LogP contribution in [0.5, 0.6) is 0 Å². The van der Waals surface area contributed by atoms with Crippen molar-refractivity contribution in [2.75, 3.05) is 49.6 Å². The zero-order chi connectivity index (χ0) is 18.8. The molecule has 0 spiro atoms. The van der Waals surface area contributed by atoms with Crippen molar-refractivity contribution in [3.05, 3.63) is 53.6 Å². The molecular formula is C20H21ClN4OS. The van der Waals surface area contributed by atoms with Crippen LogP contribution < -0.4 is 9.80 Å². The summed E-state index contributed by atoms with van der Waals surface area (Å²) < 4.78 is 1.14. The Labute approximate surface area is 167 Å². The third-order valence-electron chi connectivity index (χ3n) is 4.81. The van der Waals surface area contributed by atoms with E-state index >= 15 is 0 Å². The van der Waals surface area contributed by atoms with Gasteiger partial charge in [-0.3, -0.25) is 4.79 Å². The lowest BCUT2D eigenvalue weighted by atomic mass is 10.2. The van der Waals surface area contributed by atoms with Gasteiger partial charge in [-0.25, -0.2) is 4.98 Å². The summed E-state index contributed by atoms with van der Waals surface area (Å²) in [6, 6.07) is 15.9. The fourth-order valence-electron chi connectivity index (χ4n) is 3.30. The Kier molecular flexibility index (Phi) is 5.18. The lowest BCUT2D eigenvalue weighted by Gasteiger charge is -2.37. The second-order valence-electron chi connectivity index (χ2n) is 6.64. The number of rotatable bonds is 4. The van der Waals surface area contributed by atoms with Gasteiger partial charge < -0.3 is 14.7 Å². The standard InChI is InChI=1S/C20H21ClN4OS/c1-23(20-22-16-7-3-5-9-18(16)27-20)14-19(26)25-12-10-24(11-13-25)17-8-4-2-6-15(17)21/h2-9H,10-14H2,1H3. The number of fused-ring (bicyclic) bond motifs is 1. The first kappa shape index (κ1) is 18.1. The number of thiazole rings is 1. The summed E-state index contributed by atoms with van der Waals surface area (Å²) in [6.07, 6.45) is 0. The third-order valence-corrected chi connectivity index (χ3v) is 6.28. The van der Waals surface area contributed by atoms with E-state index in [-0.39, 0.29) is 5.91 Å². The summed E-state index contributed by atoms with van der Waals surface area (Å²) in [5.41, 5.74) is 2.02. The maximum absolute atomic E-state index is 12.7. The van der Waals surface area contributed by atoms with Gasteiger partial charge in [0.15, 0.2) is 5.13 Å². The number of benzene rings is 2. The fourth-order valence-corrected chi connectivity index (χ4v) is 4.48. The van der Waals surface area contributed by atoms with Crippen LogP contribution >= 0.6 is 22.9 Å². The molecule has 5 nitrogen and oxygen atoms in total.